The van der Waals surface area contributed by atoms with Gasteiger partial charge in [0, 0.05) is 25.7 Å². The molecule has 84 heavy (non-hydrogen) atoms. The fourth-order valence-electron chi connectivity index (χ4n) is 9.62. The molecule has 0 saturated heterocycles. The quantitative estimate of drug-likeness (QED) is 0.0222. The monoisotopic (exact) mass is 1240 g/mol. The van der Waals surface area contributed by atoms with Gasteiger partial charge in [-0.05, 0) is 43.4 Å². The molecule has 0 saturated carbocycles. The van der Waals surface area contributed by atoms with E-state index in [1.54, 1.807) is 0 Å². The molecule has 0 heterocycles. The summed E-state index contributed by atoms with van der Waals surface area (Å²) in [6.45, 7) is 11.7. The number of aliphatic hydroxyl groups is 1. The van der Waals surface area contributed by atoms with Gasteiger partial charge in [0.15, 0.2) is 12.2 Å². The van der Waals surface area contributed by atoms with Crippen LogP contribution < -0.4 is 0 Å². The molecule has 6 atom stereocenters. The summed E-state index contributed by atoms with van der Waals surface area (Å²) >= 11 is 0. The molecule has 0 bridgehead atoms. The third-order valence-corrected chi connectivity index (χ3v) is 17.1. The van der Waals surface area contributed by atoms with Gasteiger partial charge in [-0.2, -0.15) is 0 Å². The van der Waals surface area contributed by atoms with Gasteiger partial charge < -0.3 is 33.8 Å². The summed E-state index contributed by atoms with van der Waals surface area (Å²) in [7, 11) is -9.89. The Bertz CT molecular complexity index is 1670. The lowest BCUT2D eigenvalue weighted by Crippen LogP contribution is -2.30. The first-order valence-electron chi connectivity index (χ1n) is 33.9. The summed E-state index contributed by atoms with van der Waals surface area (Å²) in [5.74, 6) is 0.101. The minimum absolute atomic E-state index is 0.103. The van der Waals surface area contributed by atoms with E-state index in [0.717, 1.165) is 108 Å². The number of aliphatic hydroxyl groups excluding tert-OH is 1. The molecule has 0 aliphatic heterocycles. The van der Waals surface area contributed by atoms with Gasteiger partial charge in [0.2, 0.25) is 0 Å². The molecule has 0 aliphatic rings. The van der Waals surface area contributed by atoms with Crippen LogP contribution in [0.4, 0.5) is 0 Å². The molecule has 0 spiro atoms. The minimum atomic E-state index is -4.95. The van der Waals surface area contributed by atoms with Gasteiger partial charge in [0.1, 0.15) is 19.3 Å². The van der Waals surface area contributed by atoms with Crippen LogP contribution in [0.2, 0.25) is 0 Å². The summed E-state index contributed by atoms with van der Waals surface area (Å²) in [5, 5.41) is 10.5. The third kappa shape index (κ3) is 57.8. The van der Waals surface area contributed by atoms with Gasteiger partial charge >= 0.3 is 39.5 Å². The molecule has 0 aromatic rings. The average molecular weight is 1240 g/mol. The molecule has 17 nitrogen and oxygen atoms in total. The lowest BCUT2D eigenvalue weighted by Gasteiger charge is -2.21. The van der Waals surface area contributed by atoms with E-state index in [0.29, 0.717) is 31.6 Å². The Labute approximate surface area is 511 Å². The van der Waals surface area contributed by atoms with E-state index in [1.807, 2.05) is 0 Å². The number of hydrogen-bond donors (Lipinski definition) is 3. The number of carbonyl (C=O) groups excluding carboxylic acids is 4. The number of rotatable bonds is 63. The van der Waals surface area contributed by atoms with Crippen molar-refractivity contribution >= 4 is 39.5 Å². The number of ether oxygens (including phenoxy) is 4. The predicted molar refractivity (Wildman–Crippen MR) is 335 cm³/mol. The number of unbranched alkanes of at least 4 members (excludes halogenated alkanes) is 30. The number of phosphoric acid groups is 2. The van der Waals surface area contributed by atoms with E-state index in [1.165, 1.54) is 122 Å². The number of phosphoric ester groups is 2. The van der Waals surface area contributed by atoms with Crippen molar-refractivity contribution in [3.05, 3.63) is 0 Å². The molecule has 0 amide bonds. The predicted octanol–water partition coefficient (Wildman–Crippen LogP) is 17.9. The van der Waals surface area contributed by atoms with E-state index in [9.17, 15) is 43.2 Å². The van der Waals surface area contributed by atoms with E-state index in [-0.39, 0.29) is 25.7 Å². The maximum absolute atomic E-state index is 13.0. The lowest BCUT2D eigenvalue weighted by atomic mass is 9.99. The van der Waals surface area contributed by atoms with Crippen LogP contribution in [0, 0.1) is 17.8 Å². The largest absolute Gasteiger partial charge is 0.472 e. The van der Waals surface area contributed by atoms with Crippen LogP contribution in [0.5, 0.6) is 0 Å². The van der Waals surface area contributed by atoms with Crippen molar-refractivity contribution in [3.63, 3.8) is 0 Å². The number of esters is 4. The average Bonchev–Trinajstić information content (AvgIpc) is 3.48. The smallest absolute Gasteiger partial charge is 0.462 e. The summed E-state index contributed by atoms with van der Waals surface area (Å²) in [6.07, 6.45) is 37.6. The van der Waals surface area contributed by atoms with E-state index in [2.05, 4.69) is 48.5 Å². The fourth-order valence-corrected chi connectivity index (χ4v) is 11.2. The molecule has 0 fully saturated rings. The molecule has 3 unspecified atom stereocenters. The van der Waals surface area contributed by atoms with Crippen LogP contribution in [0.15, 0.2) is 0 Å². The molecule has 3 N–H and O–H groups in total. The van der Waals surface area contributed by atoms with E-state index < -0.39 is 97.5 Å². The van der Waals surface area contributed by atoms with Gasteiger partial charge in [-0.15, -0.1) is 0 Å². The number of carbonyl (C=O) groups is 4. The zero-order valence-corrected chi connectivity index (χ0v) is 56.1. The van der Waals surface area contributed by atoms with Gasteiger partial charge in [0.25, 0.3) is 0 Å². The fraction of sp³-hybridized carbons (Fsp3) is 0.938. The SMILES string of the molecule is CCCCCCCCCCC(=O)OC[C@H](COP(=O)(O)OC[C@H](O)COP(=O)(O)OC[C@@H](COC(=O)CCCCCCCCCCC(C)CC)OC(=O)CCCCCCCCCCCCCC(C)C)OC(=O)CCCCCCCCCC(C)C. The summed E-state index contributed by atoms with van der Waals surface area (Å²) in [4.78, 5) is 72.2. The molecule has 0 aliphatic carbocycles. The van der Waals surface area contributed by atoms with Crippen LogP contribution in [0.1, 0.15) is 318 Å². The third-order valence-electron chi connectivity index (χ3n) is 15.2. The first-order valence-corrected chi connectivity index (χ1v) is 36.9. The Balaban J connectivity index is 5.24. The molecule has 0 rings (SSSR count). The zero-order chi connectivity index (χ0) is 62.4. The van der Waals surface area contributed by atoms with Crippen molar-refractivity contribution < 1.29 is 80.2 Å². The molecule has 0 radical (unpaired) electrons. The van der Waals surface area contributed by atoms with E-state index >= 15 is 0 Å². The zero-order valence-electron chi connectivity index (χ0n) is 54.4. The van der Waals surface area contributed by atoms with Crippen molar-refractivity contribution in [3.8, 4) is 0 Å². The van der Waals surface area contributed by atoms with Crippen LogP contribution in [-0.2, 0) is 65.4 Å². The minimum Gasteiger partial charge on any atom is -0.462 e. The van der Waals surface area contributed by atoms with Crippen LogP contribution in [0.3, 0.4) is 0 Å². The summed E-state index contributed by atoms with van der Waals surface area (Å²) in [5.41, 5.74) is 0. The summed E-state index contributed by atoms with van der Waals surface area (Å²) in [6, 6.07) is 0. The van der Waals surface area contributed by atoms with Gasteiger partial charge in [-0.1, -0.05) is 267 Å². The topological polar surface area (TPSA) is 237 Å². The Kier molecular flexibility index (Phi) is 55.0. The molecule has 0 aromatic heterocycles. The van der Waals surface area contributed by atoms with Crippen molar-refractivity contribution in [1.29, 1.82) is 0 Å². The molecular weight excluding hydrogens is 1110 g/mol. The molecule has 0 aromatic carbocycles. The Morgan fingerprint density at radius 1 is 0.345 bits per heavy atom. The van der Waals surface area contributed by atoms with Crippen molar-refractivity contribution in [2.75, 3.05) is 39.6 Å². The second-order valence-corrected chi connectivity index (χ2v) is 27.6. The maximum Gasteiger partial charge on any atom is 0.472 e. The van der Waals surface area contributed by atoms with Crippen molar-refractivity contribution in [2.45, 2.75) is 336 Å². The Hall–Kier alpha value is -1.94. The van der Waals surface area contributed by atoms with Gasteiger partial charge in [-0.3, -0.25) is 37.3 Å². The van der Waals surface area contributed by atoms with Crippen LogP contribution in [0.25, 0.3) is 0 Å². The highest BCUT2D eigenvalue weighted by atomic mass is 31.2. The maximum atomic E-state index is 13.0. The standard InChI is InChI=1S/C65H126O17P2/c1-8-10-11-12-13-25-32-39-46-62(67)75-52-61(82-65(70)49-42-35-28-21-23-30-37-44-57(5)6)55-80-84(73,74)78-51-59(66)50-77-83(71,72)79-54-60(53-76-63(68)47-40-33-26-20-19-24-31-38-45-58(7)9-2)81-64(69)48-41-34-27-18-16-14-15-17-22-29-36-43-56(3)4/h56-61,66H,8-55H2,1-7H3,(H,71,72)(H,73,74)/t58?,59-,60-,61-/m1/s1. The Morgan fingerprint density at radius 3 is 0.905 bits per heavy atom. The van der Waals surface area contributed by atoms with Gasteiger partial charge in [0.05, 0.1) is 26.4 Å². The van der Waals surface area contributed by atoms with Gasteiger partial charge in [-0.25, -0.2) is 9.13 Å². The second-order valence-electron chi connectivity index (χ2n) is 24.7. The Morgan fingerprint density at radius 2 is 0.607 bits per heavy atom. The summed E-state index contributed by atoms with van der Waals surface area (Å²) < 4.78 is 68.0. The normalized spacial score (nSPS) is 14.7. The lowest BCUT2D eigenvalue weighted by molar-refractivity contribution is -0.161. The number of hydrogen-bond acceptors (Lipinski definition) is 15. The van der Waals surface area contributed by atoms with Crippen LogP contribution in [-0.4, -0.2) is 96.7 Å². The first-order chi connectivity index (χ1) is 40.3. The highest BCUT2D eigenvalue weighted by molar-refractivity contribution is 7.47. The molecule has 19 heteroatoms. The first kappa shape index (κ1) is 82.1. The molecule has 498 valence electrons. The van der Waals surface area contributed by atoms with E-state index in [4.69, 9.17) is 37.0 Å². The molecular formula is C65H126O17P2. The van der Waals surface area contributed by atoms with Crippen LogP contribution >= 0.6 is 15.6 Å². The second kappa shape index (κ2) is 56.3. The van der Waals surface area contributed by atoms with Crippen molar-refractivity contribution in [1.82, 2.24) is 0 Å². The van der Waals surface area contributed by atoms with Crippen molar-refractivity contribution in [2.24, 2.45) is 17.8 Å². The highest BCUT2D eigenvalue weighted by Gasteiger charge is 2.30. The highest BCUT2D eigenvalue weighted by Crippen LogP contribution is 2.45.